The van der Waals surface area contributed by atoms with Gasteiger partial charge in [0.1, 0.15) is 5.75 Å². The van der Waals surface area contributed by atoms with Crippen molar-refractivity contribution in [3.63, 3.8) is 0 Å². The first-order valence-electron chi connectivity index (χ1n) is 6.94. The summed E-state index contributed by atoms with van der Waals surface area (Å²) in [6.07, 6.45) is 0.275. The standard InChI is InChI=1S/C14H18N4O4S/c1-9-3-4-11(10(2)7-9)16-12(19)8-23(20,21)14-18-17-13(22-14)5-6-15/h3-4,7H,5-6,8,15H2,1-2H3,(H,16,19). The molecule has 0 aliphatic carbocycles. The van der Waals surface area contributed by atoms with Crippen molar-refractivity contribution >= 4 is 21.4 Å². The van der Waals surface area contributed by atoms with Crippen molar-refractivity contribution in [1.29, 1.82) is 0 Å². The van der Waals surface area contributed by atoms with E-state index in [1.165, 1.54) is 0 Å². The number of benzene rings is 1. The molecule has 0 saturated heterocycles. The average molecular weight is 338 g/mol. The van der Waals surface area contributed by atoms with Crippen LogP contribution < -0.4 is 11.1 Å². The molecule has 0 bridgehead atoms. The van der Waals surface area contributed by atoms with Gasteiger partial charge >= 0.3 is 5.22 Å². The number of rotatable bonds is 6. The Labute approximate surface area is 134 Å². The summed E-state index contributed by atoms with van der Waals surface area (Å²) in [7, 11) is -3.99. The zero-order valence-electron chi connectivity index (χ0n) is 12.9. The van der Waals surface area contributed by atoms with E-state index >= 15 is 0 Å². The van der Waals surface area contributed by atoms with Crippen molar-refractivity contribution in [2.24, 2.45) is 5.73 Å². The van der Waals surface area contributed by atoms with Gasteiger partial charge in [0.2, 0.25) is 21.6 Å². The van der Waals surface area contributed by atoms with Crippen molar-refractivity contribution in [3.05, 3.63) is 35.2 Å². The summed E-state index contributed by atoms with van der Waals surface area (Å²) in [6.45, 7) is 4.01. The third-order valence-electron chi connectivity index (χ3n) is 3.05. The molecular weight excluding hydrogens is 320 g/mol. The SMILES string of the molecule is Cc1ccc(NC(=O)CS(=O)(=O)c2nnc(CCN)o2)c(C)c1. The Morgan fingerprint density at radius 1 is 1.30 bits per heavy atom. The summed E-state index contributed by atoms with van der Waals surface area (Å²) in [5.41, 5.74) is 7.78. The van der Waals surface area contributed by atoms with Gasteiger partial charge in [-0.1, -0.05) is 22.8 Å². The summed E-state index contributed by atoms with van der Waals surface area (Å²) in [5, 5.41) is 9.03. The van der Waals surface area contributed by atoms with Gasteiger partial charge in [0.25, 0.3) is 0 Å². The maximum atomic E-state index is 12.1. The minimum absolute atomic E-state index is 0.126. The predicted molar refractivity (Wildman–Crippen MR) is 83.7 cm³/mol. The zero-order valence-corrected chi connectivity index (χ0v) is 13.7. The molecule has 1 amide bonds. The molecule has 0 spiro atoms. The van der Waals surface area contributed by atoms with Crippen LogP contribution in [0.2, 0.25) is 0 Å². The van der Waals surface area contributed by atoms with E-state index in [0.717, 1.165) is 11.1 Å². The van der Waals surface area contributed by atoms with Crippen molar-refractivity contribution in [2.75, 3.05) is 17.6 Å². The summed E-state index contributed by atoms with van der Waals surface area (Å²) in [6, 6.07) is 5.44. The number of nitrogens with zero attached hydrogens (tertiary/aromatic N) is 2. The molecule has 2 aromatic rings. The van der Waals surface area contributed by atoms with E-state index in [1.54, 1.807) is 6.07 Å². The van der Waals surface area contributed by atoms with E-state index in [9.17, 15) is 13.2 Å². The van der Waals surface area contributed by atoms with Crippen LogP contribution in [0.1, 0.15) is 17.0 Å². The number of hydrogen-bond donors (Lipinski definition) is 2. The van der Waals surface area contributed by atoms with Crippen molar-refractivity contribution in [3.8, 4) is 0 Å². The quantitative estimate of drug-likeness (QED) is 0.789. The van der Waals surface area contributed by atoms with Gasteiger partial charge in [0.15, 0.2) is 0 Å². The number of carbonyl (C=O) groups excluding carboxylic acids is 1. The van der Waals surface area contributed by atoms with E-state index in [2.05, 4.69) is 15.5 Å². The van der Waals surface area contributed by atoms with E-state index in [4.69, 9.17) is 10.2 Å². The molecule has 1 aromatic heterocycles. The monoisotopic (exact) mass is 338 g/mol. The van der Waals surface area contributed by atoms with E-state index < -0.39 is 26.7 Å². The minimum atomic E-state index is -3.99. The second kappa shape index (κ2) is 6.88. The summed E-state index contributed by atoms with van der Waals surface area (Å²) >= 11 is 0. The van der Waals surface area contributed by atoms with Crippen LogP contribution in [0.4, 0.5) is 5.69 Å². The number of hydrogen-bond acceptors (Lipinski definition) is 7. The smallest absolute Gasteiger partial charge is 0.336 e. The maximum absolute atomic E-state index is 12.1. The number of aryl methyl sites for hydroxylation is 2. The molecule has 0 aliphatic rings. The number of carbonyl (C=O) groups is 1. The van der Waals surface area contributed by atoms with Crippen LogP contribution in [0.5, 0.6) is 0 Å². The highest BCUT2D eigenvalue weighted by molar-refractivity contribution is 7.91. The van der Waals surface area contributed by atoms with Gasteiger partial charge in [-0.2, -0.15) is 0 Å². The molecule has 124 valence electrons. The van der Waals surface area contributed by atoms with E-state index in [1.807, 2.05) is 26.0 Å². The topological polar surface area (TPSA) is 128 Å². The molecule has 0 atom stereocenters. The van der Waals surface area contributed by atoms with Crippen LogP contribution in [0, 0.1) is 13.8 Å². The molecule has 0 radical (unpaired) electrons. The normalized spacial score (nSPS) is 11.4. The van der Waals surface area contributed by atoms with Gasteiger partial charge in [-0.15, -0.1) is 5.10 Å². The highest BCUT2D eigenvalue weighted by Gasteiger charge is 2.26. The molecule has 23 heavy (non-hydrogen) atoms. The van der Waals surface area contributed by atoms with Crippen LogP contribution in [0.3, 0.4) is 0 Å². The van der Waals surface area contributed by atoms with Crippen LogP contribution in [0.15, 0.2) is 27.8 Å². The Hall–Kier alpha value is -2.26. The lowest BCUT2D eigenvalue weighted by Crippen LogP contribution is -2.23. The molecule has 1 heterocycles. The van der Waals surface area contributed by atoms with Crippen molar-refractivity contribution in [2.45, 2.75) is 25.5 Å². The largest absolute Gasteiger partial charge is 0.412 e. The Balaban J connectivity index is 2.08. The highest BCUT2D eigenvalue weighted by atomic mass is 32.2. The molecule has 0 unspecified atom stereocenters. The first kappa shape index (κ1) is 17.1. The first-order chi connectivity index (χ1) is 10.8. The predicted octanol–water partition coefficient (Wildman–Crippen LogP) is 0.600. The first-order valence-corrected chi connectivity index (χ1v) is 8.59. The van der Waals surface area contributed by atoms with Crippen LogP contribution in [0.25, 0.3) is 0 Å². The molecule has 3 N–H and O–H groups in total. The number of aromatic nitrogens is 2. The molecule has 0 saturated carbocycles. The maximum Gasteiger partial charge on any atom is 0.336 e. The fourth-order valence-electron chi connectivity index (χ4n) is 1.96. The molecule has 8 nitrogen and oxygen atoms in total. The Morgan fingerprint density at radius 2 is 2.04 bits per heavy atom. The van der Waals surface area contributed by atoms with Gasteiger partial charge in [0, 0.05) is 18.7 Å². The summed E-state index contributed by atoms with van der Waals surface area (Å²) in [5.74, 6) is -1.32. The van der Waals surface area contributed by atoms with Gasteiger partial charge in [-0.3, -0.25) is 4.79 Å². The number of anilines is 1. The number of sulfone groups is 1. The lowest BCUT2D eigenvalue weighted by atomic mass is 10.1. The van der Waals surface area contributed by atoms with Gasteiger partial charge < -0.3 is 15.5 Å². The third-order valence-corrected chi connectivity index (χ3v) is 4.39. The number of amides is 1. The van der Waals surface area contributed by atoms with Gasteiger partial charge in [-0.25, -0.2) is 8.42 Å². The van der Waals surface area contributed by atoms with Crippen LogP contribution in [-0.4, -0.2) is 36.8 Å². The van der Waals surface area contributed by atoms with Gasteiger partial charge in [-0.05, 0) is 25.5 Å². The molecular formula is C14H18N4O4S. The summed E-state index contributed by atoms with van der Waals surface area (Å²) in [4.78, 5) is 12.0. The summed E-state index contributed by atoms with van der Waals surface area (Å²) < 4.78 is 29.2. The second-order valence-electron chi connectivity index (χ2n) is 5.13. The lowest BCUT2D eigenvalue weighted by Gasteiger charge is -2.08. The Kier molecular flexibility index (Phi) is 5.12. The molecule has 0 aliphatic heterocycles. The molecule has 0 fully saturated rings. The number of nitrogens with one attached hydrogen (secondary N) is 1. The van der Waals surface area contributed by atoms with E-state index in [-0.39, 0.29) is 18.9 Å². The fourth-order valence-corrected chi connectivity index (χ4v) is 2.89. The molecule has 1 aromatic carbocycles. The van der Waals surface area contributed by atoms with Crippen molar-refractivity contribution < 1.29 is 17.6 Å². The van der Waals surface area contributed by atoms with Crippen LogP contribution >= 0.6 is 0 Å². The molecule has 9 heteroatoms. The third kappa shape index (κ3) is 4.36. The van der Waals surface area contributed by atoms with E-state index in [0.29, 0.717) is 5.69 Å². The molecule has 2 rings (SSSR count). The van der Waals surface area contributed by atoms with Crippen LogP contribution in [-0.2, 0) is 21.1 Å². The Bertz CT molecular complexity index is 814. The van der Waals surface area contributed by atoms with Gasteiger partial charge in [0.05, 0.1) is 0 Å². The zero-order chi connectivity index (χ0) is 17.0. The average Bonchev–Trinajstić information content (AvgIpc) is 2.91. The lowest BCUT2D eigenvalue weighted by molar-refractivity contribution is -0.113. The van der Waals surface area contributed by atoms with Crippen molar-refractivity contribution in [1.82, 2.24) is 10.2 Å². The Morgan fingerprint density at radius 3 is 2.70 bits per heavy atom. The number of nitrogens with two attached hydrogens (primary N) is 1. The highest BCUT2D eigenvalue weighted by Crippen LogP contribution is 2.17. The fraction of sp³-hybridized carbons (Fsp3) is 0.357. The minimum Gasteiger partial charge on any atom is -0.412 e. The second-order valence-corrected chi connectivity index (χ2v) is 6.99.